The average Bonchev–Trinajstić information content (AvgIpc) is 3.11. The van der Waals surface area contributed by atoms with Gasteiger partial charge >= 0.3 is 5.97 Å². The van der Waals surface area contributed by atoms with Crippen LogP contribution in [0.4, 0.5) is 5.69 Å². The number of anilines is 1. The molecule has 0 spiro atoms. The fraction of sp³-hybridized carbons (Fsp3) is 0.333. The number of benzene rings is 1. The Morgan fingerprint density at radius 3 is 2.40 bits per heavy atom. The molecule has 0 saturated heterocycles. The molecule has 1 fully saturated rings. The van der Waals surface area contributed by atoms with Crippen molar-refractivity contribution in [3.63, 3.8) is 0 Å². The minimum absolute atomic E-state index is 0.101. The minimum atomic E-state index is -3.90. The second kappa shape index (κ2) is 4.57. The molecule has 1 aliphatic carbocycles. The normalized spacial score (nSPS) is 16.5. The Kier molecular flexibility index (Phi) is 3.31. The molecule has 0 bridgehead atoms. The highest BCUT2D eigenvalue weighted by atomic mass is 32.2. The van der Waals surface area contributed by atoms with Crippen molar-refractivity contribution in [2.75, 3.05) is 5.32 Å². The number of aryl methyl sites for hydroxylation is 1. The Balaban J connectivity index is 2.28. The van der Waals surface area contributed by atoms with Gasteiger partial charge in [0, 0.05) is 5.69 Å². The smallest absolute Gasteiger partial charge is 0.319 e. The van der Waals surface area contributed by atoms with Crippen LogP contribution in [0.25, 0.3) is 0 Å². The number of carboxylic acids is 1. The molecule has 0 heterocycles. The van der Waals surface area contributed by atoms with E-state index < -0.39 is 27.3 Å². The summed E-state index contributed by atoms with van der Waals surface area (Å²) in [5.74, 6) is -1.82. The Labute approximate surface area is 115 Å². The first-order chi connectivity index (χ1) is 9.17. The molecular formula is C12H14N2O5S. The summed E-state index contributed by atoms with van der Waals surface area (Å²) in [5.41, 5.74) is -0.728. The van der Waals surface area contributed by atoms with E-state index in [-0.39, 0.29) is 23.4 Å². The van der Waals surface area contributed by atoms with E-state index in [2.05, 4.69) is 5.32 Å². The van der Waals surface area contributed by atoms with Gasteiger partial charge < -0.3 is 10.4 Å². The first-order valence-electron chi connectivity index (χ1n) is 5.85. The molecule has 0 aromatic heterocycles. The Morgan fingerprint density at radius 1 is 1.35 bits per heavy atom. The zero-order valence-corrected chi connectivity index (χ0v) is 11.5. The number of sulfonamides is 1. The highest BCUT2D eigenvalue weighted by Crippen LogP contribution is 2.46. The maximum atomic E-state index is 11.9. The molecule has 0 atom stereocenters. The van der Waals surface area contributed by atoms with Crippen molar-refractivity contribution >= 4 is 27.6 Å². The van der Waals surface area contributed by atoms with Crippen molar-refractivity contribution in [3.05, 3.63) is 23.8 Å². The van der Waals surface area contributed by atoms with Crippen LogP contribution in [-0.2, 0) is 19.6 Å². The standard InChI is InChI=1S/C12H14N2O5S/c1-7-2-3-8(6-9(7)20(13,18)19)14-10(15)12(4-5-12)11(16)17/h2-3,6H,4-5H2,1H3,(H,14,15)(H,16,17)(H2,13,18,19). The molecule has 1 aromatic carbocycles. The number of carbonyl (C=O) groups excluding carboxylic acids is 1. The van der Waals surface area contributed by atoms with Crippen LogP contribution in [0.1, 0.15) is 18.4 Å². The van der Waals surface area contributed by atoms with Gasteiger partial charge in [-0.15, -0.1) is 0 Å². The lowest BCUT2D eigenvalue weighted by molar-refractivity contribution is -0.147. The Hall–Kier alpha value is -1.93. The number of nitrogens with one attached hydrogen (secondary N) is 1. The summed E-state index contributed by atoms with van der Waals surface area (Å²) in [4.78, 5) is 22.8. The number of hydrogen-bond acceptors (Lipinski definition) is 4. The van der Waals surface area contributed by atoms with Crippen LogP contribution in [0.15, 0.2) is 23.1 Å². The van der Waals surface area contributed by atoms with Crippen molar-refractivity contribution < 1.29 is 23.1 Å². The topological polar surface area (TPSA) is 127 Å². The third-order valence-corrected chi connectivity index (χ3v) is 4.40. The van der Waals surface area contributed by atoms with Crippen LogP contribution >= 0.6 is 0 Å². The van der Waals surface area contributed by atoms with Crippen LogP contribution in [0.2, 0.25) is 0 Å². The molecule has 2 rings (SSSR count). The summed E-state index contributed by atoms with van der Waals surface area (Å²) < 4.78 is 22.8. The summed E-state index contributed by atoms with van der Waals surface area (Å²) in [5, 5.41) is 16.5. The number of nitrogens with two attached hydrogens (primary N) is 1. The molecule has 8 heteroatoms. The molecule has 0 radical (unpaired) electrons. The van der Waals surface area contributed by atoms with Gasteiger partial charge in [-0.3, -0.25) is 9.59 Å². The maximum Gasteiger partial charge on any atom is 0.319 e. The molecule has 1 saturated carbocycles. The predicted molar refractivity (Wildman–Crippen MR) is 70.5 cm³/mol. The molecule has 1 aromatic rings. The number of aliphatic carboxylic acids is 1. The van der Waals surface area contributed by atoms with Crippen LogP contribution in [-0.4, -0.2) is 25.4 Å². The Morgan fingerprint density at radius 2 is 1.95 bits per heavy atom. The SMILES string of the molecule is Cc1ccc(NC(=O)C2(C(=O)O)CC2)cc1S(N)(=O)=O. The second-order valence-electron chi connectivity index (χ2n) is 4.87. The number of carboxylic acid groups (broad SMARTS) is 1. The van der Waals surface area contributed by atoms with Gasteiger partial charge in [0.25, 0.3) is 0 Å². The quantitative estimate of drug-likeness (QED) is 0.695. The van der Waals surface area contributed by atoms with Crippen LogP contribution in [0.5, 0.6) is 0 Å². The number of carbonyl (C=O) groups is 2. The molecule has 1 aliphatic rings. The van der Waals surface area contributed by atoms with E-state index in [4.69, 9.17) is 10.2 Å². The maximum absolute atomic E-state index is 11.9. The van der Waals surface area contributed by atoms with E-state index in [0.29, 0.717) is 5.56 Å². The van der Waals surface area contributed by atoms with Crippen LogP contribution in [0, 0.1) is 12.3 Å². The van der Waals surface area contributed by atoms with E-state index in [1.54, 1.807) is 6.92 Å². The highest BCUT2D eigenvalue weighted by Gasteiger charge is 2.57. The summed E-state index contributed by atoms with van der Waals surface area (Å²) >= 11 is 0. The van der Waals surface area contributed by atoms with Crippen LogP contribution in [0.3, 0.4) is 0 Å². The second-order valence-corrected chi connectivity index (χ2v) is 6.40. The van der Waals surface area contributed by atoms with Gasteiger partial charge in [0.1, 0.15) is 5.41 Å². The molecule has 7 nitrogen and oxygen atoms in total. The monoisotopic (exact) mass is 298 g/mol. The van der Waals surface area contributed by atoms with Gasteiger partial charge in [-0.2, -0.15) is 0 Å². The van der Waals surface area contributed by atoms with Crippen LogP contribution < -0.4 is 10.5 Å². The molecule has 4 N–H and O–H groups in total. The van der Waals surface area contributed by atoms with Crippen molar-refractivity contribution in [2.24, 2.45) is 10.6 Å². The van der Waals surface area contributed by atoms with Crippen molar-refractivity contribution in [1.29, 1.82) is 0 Å². The van der Waals surface area contributed by atoms with E-state index in [9.17, 15) is 18.0 Å². The van der Waals surface area contributed by atoms with Gasteiger partial charge in [0.15, 0.2) is 0 Å². The molecular weight excluding hydrogens is 284 g/mol. The highest BCUT2D eigenvalue weighted by molar-refractivity contribution is 7.89. The zero-order chi connectivity index (χ0) is 15.1. The first kappa shape index (κ1) is 14.5. The molecule has 1 amide bonds. The first-order valence-corrected chi connectivity index (χ1v) is 7.40. The lowest BCUT2D eigenvalue weighted by atomic mass is 10.1. The van der Waals surface area contributed by atoms with Crippen molar-refractivity contribution in [3.8, 4) is 0 Å². The lowest BCUT2D eigenvalue weighted by Gasteiger charge is -2.12. The summed E-state index contributed by atoms with van der Waals surface area (Å²) in [6.07, 6.45) is 0.560. The summed E-state index contributed by atoms with van der Waals surface area (Å²) in [6, 6.07) is 4.22. The van der Waals surface area contributed by atoms with Gasteiger partial charge in [-0.05, 0) is 37.5 Å². The number of rotatable bonds is 4. The number of primary sulfonamides is 1. The minimum Gasteiger partial charge on any atom is -0.480 e. The van der Waals surface area contributed by atoms with Crippen molar-refractivity contribution in [2.45, 2.75) is 24.7 Å². The lowest BCUT2D eigenvalue weighted by Crippen LogP contribution is -2.31. The Bertz CT molecular complexity index is 692. The fourth-order valence-electron chi connectivity index (χ4n) is 1.90. The van der Waals surface area contributed by atoms with Crippen molar-refractivity contribution in [1.82, 2.24) is 0 Å². The van der Waals surface area contributed by atoms with E-state index >= 15 is 0 Å². The molecule has 108 valence electrons. The third kappa shape index (κ3) is 2.52. The van der Waals surface area contributed by atoms with E-state index in [1.165, 1.54) is 18.2 Å². The van der Waals surface area contributed by atoms with Gasteiger partial charge in [-0.25, -0.2) is 13.6 Å². The van der Waals surface area contributed by atoms with Gasteiger partial charge in [0.05, 0.1) is 4.90 Å². The molecule has 0 aliphatic heterocycles. The van der Waals surface area contributed by atoms with Gasteiger partial charge in [-0.1, -0.05) is 6.07 Å². The van der Waals surface area contributed by atoms with E-state index in [1.807, 2.05) is 0 Å². The predicted octanol–water partition coefficient (Wildman–Crippen LogP) is 0.446. The molecule has 20 heavy (non-hydrogen) atoms. The fourth-order valence-corrected chi connectivity index (χ4v) is 2.71. The summed E-state index contributed by atoms with van der Waals surface area (Å²) in [6.45, 7) is 1.57. The largest absolute Gasteiger partial charge is 0.480 e. The zero-order valence-electron chi connectivity index (χ0n) is 10.7. The average molecular weight is 298 g/mol. The third-order valence-electron chi connectivity index (χ3n) is 3.35. The molecule has 0 unspecified atom stereocenters. The number of amides is 1. The van der Waals surface area contributed by atoms with E-state index in [0.717, 1.165) is 0 Å². The van der Waals surface area contributed by atoms with Gasteiger partial charge in [0.2, 0.25) is 15.9 Å². The summed E-state index contributed by atoms with van der Waals surface area (Å²) in [7, 11) is -3.90. The number of hydrogen-bond donors (Lipinski definition) is 3.